The van der Waals surface area contributed by atoms with E-state index in [2.05, 4.69) is 9.88 Å². The monoisotopic (exact) mass is 427 g/mol. The van der Waals surface area contributed by atoms with E-state index in [1.807, 2.05) is 17.9 Å². The molecule has 1 aromatic heterocycles. The van der Waals surface area contributed by atoms with E-state index in [1.54, 1.807) is 30.5 Å². The molecule has 1 aliphatic heterocycles. The van der Waals surface area contributed by atoms with Gasteiger partial charge in [0.25, 0.3) is 0 Å². The average Bonchev–Trinajstić information content (AvgIpc) is 2.77. The summed E-state index contributed by atoms with van der Waals surface area (Å²) in [5, 5.41) is 11.0. The second kappa shape index (κ2) is 9.08. The molecule has 1 unspecified atom stereocenters. The van der Waals surface area contributed by atoms with Gasteiger partial charge in [-0.15, -0.1) is 0 Å². The van der Waals surface area contributed by atoms with Gasteiger partial charge in [-0.1, -0.05) is 24.3 Å². The Kier molecular flexibility index (Phi) is 6.25. The van der Waals surface area contributed by atoms with Gasteiger partial charge in [0.15, 0.2) is 11.6 Å². The number of halogens is 3. The Morgan fingerprint density at radius 1 is 0.935 bits per heavy atom. The minimum absolute atomic E-state index is 0.382. The number of hydrogen-bond acceptors (Lipinski definition) is 4. The lowest BCUT2D eigenvalue weighted by Gasteiger charge is -2.37. The molecule has 0 amide bonds. The highest BCUT2D eigenvalue weighted by molar-refractivity contribution is 5.58. The third-order valence-electron chi connectivity index (χ3n) is 5.70. The number of para-hydroxylation sites is 1. The lowest BCUT2D eigenvalue weighted by molar-refractivity contribution is 0.213. The second-order valence-corrected chi connectivity index (χ2v) is 7.80. The molecule has 1 aliphatic rings. The molecule has 0 saturated carbocycles. The van der Waals surface area contributed by atoms with Crippen LogP contribution in [0.3, 0.4) is 0 Å². The Morgan fingerprint density at radius 2 is 1.71 bits per heavy atom. The van der Waals surface area contributed by atoms with E-state index in [1.165, 1.54) is 12.1 Å². The zero-order chi connectivity index (χ0) is 22.0. The molecule has 162 valence electrons. The minimum Gasteiger partial charge on any atom is -0.382 e. The fourth-order valence-electron chi connectivity index (χ4n) is 4.04. The molecule has 4 rings (SSSR count). The van der Waals surface area contributed by atoms with Crippen LogP contribution < -0.4 is 4.90 Å². The number of pyridine rings is 1. The second-order valence-electron chi connectivity index (χ2n) is 7.80. The van der Waals surface area contributed by atoms with Gasteiger partial charge in [0.1, 0.15) is 11.9 Å². The zero-order valence-corrected chi connectivity index (χ0v) is 17.2. The highest BCUT2D eigenvalue weighted by Gasteiger charge is 2.26. The van der Waals surface area contributed by atoms with Crippen LogP contribution in [-0.2, 0) is 6.54 Å². The van der Waals surface area contributed by atoms with Crippen LogP contribution in [0.4, 0.5) is 18.9 Å². The Bertz CT molecular complexity index is 1070. The van der Waals surface area contributed by atoms with E-state index in [-0.39, 0.29) is 5.82 Å². The summed E-state index contributed by atoms with van der Waals surface area (Å²) in [7, 11) is 0. The van der Waals surface area contributed by atoms with Crippen molar-refractivity contribution < 1.29 is 18.3 Å². The molecule has 0 bridgehead atoms. The Labute approximate surface area is 179 Å². The summed E-state index contributed by atoms with van der Waals surface area (Å²) in [6.45, 7) is 4.71. The van der Waals surface area contributed by atoms with Gasteiger partial charge in [0.2, 0.25) is 0 Å². The van der Waals surface area contributed by atoms with Crippen molar-refractivity contribution in [3.63, 3.8) is 0 Å². The number of aliphatic hydroxyl groups excluding tert-OH is 1. The molecule has 2 aromatic carbocycles. The molecule has 0 radical (unpaired) electrons. The lowest BCUT2D eigenvalue weighted by atomic mass is 9.99. The van der Waals surface area contributed by atoms with Crippen LogP contribution >= 0.6 is 0 Å². The van der Waals surface area contributed by atoms with Gasteiger partial charge >= 0.3 is 0 Å². The predicted octanol–water partition coefficient (Wildman–Crippen LogP) is 4.21. The number of nitrogens with zero attached hydrogens (tertiary/aromatic N) is 3. The zero-order valence-electron chi connectivity index (χ0n) is 17.2. The molecule has 7 heteroatoms. The summed E-state index contributed by atoms with van der Waals surface area (Å²) < 4.78 is 41.5. The van der Waals surface area contributed by atoms with E-state index in [9.17, 15) is 18.3 Å². The van der Waals surface area contributed by atoms with Crippen LogP contribution in [0.25, 0.3) is 0 Å². The average molecular weight is 427 g/mol. The first kappa shape index (κ1) is 21.3. The first-order chi connectivity index (χ1) is 14.9. The summed E-state index contributed by atoms with van der Waals surface area (Å²) in [6.07, 6.45) is 0.578. The van der Waals surface area contributed by atoms with E-state index >= 15 is 0 Å². The highest BCUT2D eigenvalue weighted by Crippen LogP contribution is 2.34. The van der Waals surface area contributed by atoms with Gasteiger partial charge in [0.05, 0.1) is 11.4 Å². The molecule has 31 heavy (non-hydrogen) atoms. The number of aliphatic hydroxyl groups is 1. The molecule has 2 heterocycles. The number of piperazine rings is 1. The smallest absolute Gasteiger partial charge is 0.159 e. The largest absolute Gasteiger partial charge is 0.382 e. The molecule has 1 saturated heterocycles. The predicted molar refractivity (Wildman–Crippen MR) is 113 cm³/mol. The number of benzene rings is 2. The molecule has 4 nitrogen and oxygen atoms in total. The Balaban J connectivity index is 1.51. The van der Waals surface area contributed by atoms with Crippen molar-refractivity contribution in [2.75, 3.05) is 31.1 Å². The highest BCUT2D eigenvalue weighted by atomic mass is 19.2. The molecule has 3 aromatic rings. The summed E-state index contributed by atoms with van der Waals surface area (Å²) >= 11 is 0. The van der Waals surface area contributed by atoms with E-state index in [0.717, 1.165) is 11.6 Å². The normalized spacial score (nSPS) is 15.8. The topological polar surface area (TPSA) is 39.6 Å². The maximum atomic E-state index is 14.9. The van der Waals surface area contributed by atoms with Gasteiger partial charge in [-0.25, -0.2) is 13.2 Å². The first-order valence-corrected chi connectivity index (χ1v) is 10.2. The van der Waals surface area contributed by atoms with Gasteiger partial charge in [0, 0.05) is 44.5 Å². The lowest BCUT2D eigenvalue weighted by Crippen LogP contribution is -2.46. The molecular weight excluding hydrogens is 403 g/mol. The molecule has 0 spiro atoms. The summed E-state index contributed by atoms with van der Waals surface area (Å²) in [5.74, 6) is -2.10. The van der Waals surface area contributed by atoms with Gasteiger partial charge in [-0.2, -0.15) is 0 Å². The number of anilines is 1. The SMILES string of the molecule is Cc1cccnc1C(O)c1cccc(F)c1N1CCN(Cc2ccc(F)c(F)c2)CC1. The van der Waals surface area contributed by atoms with Crippen molar-refractivity contribution in [1.29, 1.82) is 0 Å². The fourth-order valence-corrected chi connectivity index (χ4v) is 4.04. The van der Waals surface area contributed by atoms with E-state index in [4.69, 9.17) is 0 Å². The van der Waals surface area contributed by atoms with Gasteiger partial charge in [-0.3, -0.25) is 9.88 Å². The summed E-state index contributed by atoms with van der Waals surface area (Å²) in [4.78, 5) is 8.32. The van der Waals surface area contributed by atoms with Crippen molar-refractivity contribution >= 4 is 5.69 Å². The fraction of sp³-hybridized carbons (Fsp3) is 0.292. The van der Waals surface area contributed by atoms with E-state index in [0.29, 0.717) is 55.2 Å². The molecule has 0 aliphatic carbocycles. The summed E-state index contributed by atoms with van der Waals surface area (Å²) in [5.41, 5.74) is 2.90. The molecule has 1 fully saturated rings. The summed E-state index contributed by atoms with van der Waals surface area (Å²) in [6, 6.07) is 12.3. The van der Waals surface area contributed by atoms with Crippen LogP contribution in [0.15, 0.2) is 54.7 Å². The van der Waals surface area contributed by atoms with Crippen LogP contribution in [0, 0.1) is 24.4 Å². The van der Waals surface area contributed by atoms with Crippen molar-refractivity contribution in [3.05, 3.63) is 94.6 Å². The number of rotatable bonds is 5. The quantitative estimate of drug-likeness (QED) is 0.662. The van der Waals surface area contributed by atoms with Crippen molar-refractivity contribution in [1.82, 2.24) is 9.88 Å². The molecule has 1 N–H and O–H groups in total. The Hall–Kier alpha value is -2.90. The van der Waals surface area contributed by atoms with Gasteiger partial charge < -0.3 is 10.0 Å². The third kappa shape index (κ3) is 4.57. The third-order valence-corrected chi connectivity index (χ3v) is 5.70. The van der Waals surface area contributed by atoms with Crippen LogP contribution in [0.1, 0.15) is 28.5 Å². The minimum atomic E-state index is -1.04. The first-order valence-electron chi connectivity index (χ1n) is 10.2. The molecular formula is C24H24F3N3O. The Morgan fingerprint density at radius 3 is 2.42 bits per heavy atom. The van der Waals surface area contributed by atoms with Crippen LogP contribution in [0.2, 0.25) is 0 Å². The number of aryl methyl sites for hydroxylation is 1. The van der Waals surface area contributed by atoms with Crippen LogP contribution in [0.5, 0.6) is 0 Å². The van der Waals surface area contributed by atoms with Crippen molar-refractivity contribution in [3.8, 4) is 0 Å². The van der Waals surface area contributed by atoms with Crippen LogP contribution in [-0.4, -0.2) is 41.2 Å². The van der Waals surface area contributed by atoms with E-state index < -0.39 is 17.7 Å². The molecule has 1 atom stereocenters. The van der Waals surface area contributed by atoms with Crippen molar-refractivity contribution in [2.45, 2.75) is 19.6 Å². The van der Waals surface area contributed by atoms with Gasteiger partial charge in [-0.05, 0) is 42.3 Å². The number of hydrogen-bond donors (Lipinski definition) is 1. The maximum Gasteiger partial charge on any atom is 0.159 e. The standard InChI is InChI=1S/C24H24F3N3O/c1-16-4-3-9-28-22(16)24(31)18-5-2-6-20(26)23(18)30-12-10-29(11-13-30)15-17-7-8-19(25)21(27)14-17/h2-9,14,24,31H,10-13,15H2,1H3. The maximum absolute atomic E-state index is 14.9. The van der Waals surface area contributed by atoms with Crippen molar-refractivity contribution in [2.24, 2.45) is 0 Å². The number of aromatic nitrogens is 1.